The summed E-state index contributed by atoms with van der Waals surface area (Å²) in [5.41, 5.74) is -2.44. The third-order valence-corrected chi connectivity index (χ3v) is 9.75. The number of benzene rings is 3. The van der Waals surface area contributed by atoms with Crippen molar-refractivity contribution < 1.29 is 39.1 Å². The number of halogens is 3. The number of ketones is 2. The Morgan fingerprint density at radius 2 is 1.34 bits per heavy atom. The molecule has 0 radical (unpaired) electrons. The van der Waals surface area contributed by atoms with Crippen LogP contribution < -0.4 is 14.2 Å². The Labute approximate surface area is 251 Å². The molecule has 8 nitrogen and oxygen atoms in total. The first kappa shape index (κ1) is 29.3. The number of methoxy groups -OCH3 is 3. The number of aliphatic hydroxyl groups is 1. The largest absolute Gasteiger partial charge is 0.507 e. The van der Waals surface area contributed by atoms with Crippen molar-refractivity contribution in [2.75, 3.05) is 21.3 Å². The molecule has 0 spiro atoms. The second-order valence-corrected chi connectivity index (χ2v) is 11.9. The summed E-state index contributed by atoms with van der Waals surface area (Å²) in [7, 11) is 4.34. The van der Waals surface area contributed by atoms with E-state index in [2.05, 4.69) is 0 Å². The van der Waals surface area contributed by atoms with Crippen LogP contribution in [0.4, 0.5) is 0 Å². The van der Waals surface area contributed by atoms with Gasteiger partial charge in [0.25, 0.3) is 0 Å². The third-order valence-electron chi connectivity index (χ3n) is 8.48. The van der Waals surface area contributed by atoms with Crippen LogP contribution in [-0.4, -0.2) is 53.8 Å². The minimum Gasteiger partial charge on any atom is -0.507 e. The quantitative estimate of drug-likeness (QED) is 0.289. The first-order valence-electron chi connectivity index (χ1n) is 12.6. The van der Waals surface area contributed by atoms with E-state index in [9.17, 15) is 24.9 Å². The fourth-order valence-electron chi connectivity index (χ4n) is 6.43. The fourth-order valence-corrected chi connectivity index (χ4v) is 7.35. The van der Waals surface area contributed by atoms with Crippen molar-refractivity contribution in [2.45, 2.75) is 38.2 Å². The number of carbonyl (C=O) groups excluding carboxylic acids is 2. The molecule has 2 atom stereocenters. The van der Waals surface area contributed by atoms with Crippen LogP contribution in [0, 0.1) is 12.8 Å². The summed E-state index contributed by atoms with van der Waals surface area (Å²) in [6, 6.07) is 4.02. The van der Waals surface area contributed by atoms with E-state index in [4.69, 9.17) is 49.0 Å². The number of carbonyl (C=O) groups is 2. The van der Waals surface area contributed by atoms with Gasteiger partial charge in [-0.15, -0.1) is 0 Å². The summed E-state index contributed by atoms with van der Waals surface area (Å²) in [6.07, 6.45) is -0.0449. The molecule has 0 fully saturated rings. The lowest BCUT2D eigenvalue weighted by Gasteiger charge is -2.51. The highest BCUT2D eigenvalue weighted by Gasteiger charge is 2.64. The maximum atomic E-state index is 14.6. The highest BCUT2D eigenvalue weighted by molar-refractivity contribution is 6.37. The first-order valence-corrected chi connectivity index (χ1v) is 13.7. The fraction of sp³-hybridized carbons (Fsp3) is 0.333. The molecule has 2 aliphatic rings. The Balaban J connectivity index is 1.89. The van der Waals surface area contributed by atoms with Crippen LogP contribution in [0.2, 0.25) is 15.1 Å². The van der Waals surface area contributed by atoms with Gasteiger partial charge in [0.05, 0.1) is 42.0 Å². The molecule has 3 aromatic carbocycles. The smallest absolute Gasteiger partial charge is 0.206 e. The van der Waals surface area contributed by atoms with Gasteiger partial charge in [-0.25, -0.2) is 0 Å². The molecule has 2 aliphatic carbocycles. The Bertz CT molecular complexity index is 1680. The maximum Gasteiger partial charge on any atom is 0.206 e. The average Bonchev–Trinajstić information content (AvgIpc) is 2.93. The molecule has 5 rings (SSSR count). The molecule has 0 aromatic heterocycles. The van der Waals surface area contributed by atoms with Gasteiger partial charge in [-0.2, -0.15) is 0 Å². The first-order chi connectivity index (χ1) is 19.2. The number of fused-ring (bicyclic) bond motifs is 3. The number of aromatic hydroxyl groups is 2. The van der Waals surface area contributed by atoms with Crippen molar-refractivity contribution in [1.29, 1.82) is 0 Å². The highest BCUT2D eigenvalue weighted by Crippen LogP contribution is 2.58. The van der Waals surface area contributed by atoms with E-state index in [0.29, 0.717) is 28.2 Å². The molecule has 216 valence electrons. The molecule has 0 unspecified atom stereocenters. The minimum atomic E-state index is -2.61. The zero-order valence-corrected chi connectivity index (χ0v) is 25.3. The van der Waals surface area contributed by atoms with Crippen molar-refractivity contribution in [2.24, 2.45) is 5.92 Å². The lowest BCUT2D eigenvalue weighted by Crippen LogP contribution is -2.64. The van der Waals surface area contributed by atoms with Gasteiger partial charge in [0.1, 0.15) is 28.7 Å². The van der Waals surface area contributed by atoms with Gasteiger partial charge >= 0.3 is 0 Å². The second kappa shape index (κ2) is 9.70. The van der Waals surface area contributed by atoms with E-state index in [0.717, 1.165) is 6.07 Å². The highest BCUT2D eigenvalue weighted by atomic mass is 35.5. The van der Waals surface area contributed by atoms with Crippen LogP contribution in [0.25, 0.3) is 11.1 Å². The molecular formula is C30H27Cl3O8. The lowest BCUT2D eigenvalue weighted by atomic mass is 9.52. The lowest BCUT2D eigenvalue weighted by molar-refractivity contribution is -0.0202. The van der Waals surface area contributed by atoms with Crippen molar-refractivity contribution in [3.63, 3.8) is 0 Å². The standard InChI is InChI=1S/C30H27Cl3O8/c1-11-20(16(39-4)10-18(41-6)24(11)31)12-7-17(40-5)25(32)13-8-19-29(2,3)23-22(14(34)9-15(35)26(23)33)28(37)30(19,38)27(36)21(12)13/h7,9-10,19,34-35,38H,8H2,1-6H3/t19-,30-/m1/s1. The van der Waals surface area contributed by atoms with Gasteiger partial charge in [-0.1, -0.05) is 48.7 Å². The van der Waals surface area contributed by atoms with E-state index in [1.54, 1.807) is 26.8 Å². The summed E-state index contributed by atoms with van der Waals surface area (Å²) < 4.78 is 16.6. The topological polar surface area (TPSA) is 123 Å². The number of hydrogen-bond donors (Lipinski definition) is 3. The summed E-state index contributed by atoms with van der Waals surface area (Å²) >= 11 is 19.9. The third kappa shape index (κ3) is 3.77. The van der Waals surface area contributed by atoms with Gasteiger partial charge in [-0.3, -0.25) is 9.59 Å². The van der Waals surface area contributed by atoms with E-state index < -0.39 is 40.0 Å². The second-order valence-electron chi connectivity index (χ2n) is 10.8. The van der Waals surface area contributed by atoms with Crippen molar-refractivity contribution >= 4 is 46.4 Å². The van der Waals surface area contributed by atoms with Gasteiger partial charge in [0.15, 0.2) is 5.60 Å². The van der Waals surface area contributed by atoms with E-state index in [-0.39, 0.29) is 49.5 Å². The average molecular weight is 622 g/mol. The van der Waals surface area contributed by atoms with Gasteiger partial charge in [-0.05, 0) is 41.5 Å². The van der Waals surface area contributed by atoms with Crippen LogP contribution in [-0.2, 0) is 11.8 Å². The number of phenols is 2. The predicted molar refractivity (Wildman–Crippen MR) is 155 cm³/mol. The maximum absolute atomic E-state index is 14.6. The normalized spacial score (nSPS) is 20.7. The van der Waals surface area contributed by atoms with Gasteiger partial charge in [0, 0.05) is 34.7 Å². The molecule has 0 saturated heterocycles. The molecule has 0 heterocycles. The van der Waals surface area contributed by atoms with Crippen LogP contribution in [0.5, 0.6) is 28.7 Å². The Morgan fingerprint density at radius 1 is 0.780 bits per heavy atom. The molecule has 0 saturated carbocycles. The summed E-state index contributed by atoms with van der Waals surface area (Å²) in [4.78, 5) is 28.6. The monoisotopic (exact) mass is 620 g/mol. The zero-order chi connectivity index (χ0) is 30.3. The number of phenolic OH excluding ortho intramolecular Hbond substituents is 2. The molecule has 41 heavy (non-hydrogen) atoms. The molecular weight excluding hydrogens is 595 g/mol. The predicted octanol–water partition coefficient (Wildman–Crippen LogP) is 6.32. The minimum absolute atomic E-state index is 0.00542. The molecule has 3 aromatic rings. The number of hydrogen-bond acceptors (Lipinski definition) is 8. The molecule has 0 bridgehead atoms. The molecule has 0 aliphatic heterocycles. The Kier molecular flexibility index (Phi) is 6.94. The van der Waals surface area contributed by atoms with E-state index in [1.165, 1.54) is 27.4 Å². The summed E-state index contributed by atoms with van der Waals surface area (Å²) in [5, 5.41) is 33.5. The van der Waals surface area contributed by atoms with Crippen molar-refractivity contribution in [3.05, 3.63) is 61.1 Å². The Morgan fingerprint density at radius 3 is 1.93 bits per heavy atom. The number of rotatable bonds is 4. The van der Waals surface area contributed by atoms with Crippen LogP contribution in [0.15, 0.2) is 18.2 Å². The van der Waals surface area contributed by atoms with E-state index in [1.807, 2.05) is 0 Å². The molecule has 3 N–H and O–H groups in total. The van der Waals surface area contributed by atoms with Crippen molar-refractivity contribution in [3.8, 4) is 39.9 Å². The number of ether oxygens (including phenoxy) is 3. The summed E-state index contributed by atoms with van der Waals surface area (Å²) in [5.74, 6) is -3.13. The Hall–Kier alpha value is -3.17. The van der Waals surface area contributed by atoms with E-state index >= 15 is 0 Å². The zero-order valence-electron chi connectivity index (χ0n) is 23.0. The molecule has 0 amide bonds. The van der Waals surface area contributed by atoms with Gasteiger partial charge in [0.2, 0.25) is 11.6 Å². The number of Topliss-reactive ketones (excluding diaryl/α,β-unsaturated/α-hetero) is 2. The molecule has 11 heteroatoms. The van der Waals surface area contributed by atoms with Crippen LogP contribution in [0.1, 0.15) is 51.3 Å². The van der Waals surface area contributed by atoms with Crippen LogP contribution >= 0.6 is 34.8 Å². The van der Waals surface area contributed by atoms with Crippen LogP contribution in [0.3, 0.4) is 0 Å². The van der Waals surface area contributed by atoms with Gasteiger partial charge < -0.3 is 29.5 Å². The SMILES string of the molecule is COc1cc(OC)c(-c2cc(OC)c(Cl)c3c2C(=O)[C@@]2(O)C(=O)c4c(O)cc(O)c(Cl)c4C(C)(C)[C@H]2C3)c(C)c1Cl. The van der Waals surface area contributed by atoms with Crippen molar-refractivity contribution in [1.82, 2.24) is 0 Å². The summed E-state index contributed by atoms with van der Waals surface area (Å²) in [6.45, 7) is 5.09.